The van der Waals surface area contributed by atoms with Crippen LogP contribution in [-0.4, -0.2) is 37.2 Å². The predicted molar refractivity (Wildman–Crippen MR) is 130 cm³/mol. The largest absolute Gasteiger partial charge is 0.349 e. The number of para-hydroxylation sites is 2. The van der Waals surface area contributed by atoms with E-state index in [0.717, 1.165) is 26.0 Å². The van der Waals surface area contributed by atoms with E-state index in [0.29, 0.717) is 11.2 Å². The fourth-order valence-corrected chi connectivity index (χ4v) is 5.13. The van der Waals surface area contributed by atoms with Crippen LogP contribution in [0.1, 0.15) is 16.2 Å². The van der Waals surface area contributed by atoms with E-state index in [9.17, 15) is 9.59 Å². The number of rotatable bonds is 6. The second kappa shape index (κ2) is 9.00. The summed E-state index contributed by atoms with van der Waals surface area (Å²) >= 11 is 3.18. The van der Waals surface area contributed by atoms with Gasteiger partial charge >= 0.3 is 0 Å². The summed E-state index contributed by atoms with van der Waals surface area (Å²) in [6, 6.07) is 14.6. The Bertz CT molecular complexity index is 1510. The molecule has 0 unspecified atom stereocenters. The number of carbonyl (C=O) groups excluding carboxylic acids is 1. The minimum atomic E-state index is -0.351. The van der Waals surface area contributed by atoms with Gasteiger partial charge < -0.3 is 5.32 Å². The lowest BCUT2D eigenvalue weighted by Crippen LogP contribution is -2.32. The third-order valence-electron chi connectivity index (χ3n) is 4.92. The second-order valence-corrected chi connectivity index (χ2v) is 9.14. The number of benzene rings is 1. The highest BCUT2D eigenvalue weighted by Crippen LogP contribution is 2.35. The van der Waals surface area contributed by atoms with Gasteiger partial charge in [0.25, 0.3) is 11.5 Å². The third-order valence-corrected chi connectivity index (χ3v) is 7.14. The van der Waals surface area contributed by atoms with Crippen molar-refractivity contribution in [3.63, 3.8) is 0 Å². The van der Waals surface area contributed by atoms with E-state index >= 15 is 0 Å². The van der Waals surface area contributed by atoms with Gasteiger partial charge in [-0.05, 0) is 36.6 Å². The summed E-state index contributed by atoms with van der Waals surface area (Å²) in [4.78, 5) is 40.1. The number of thiophene rings is 1. The van der Waals surface area contributed by atoms with Gasteiger partial charge in [-0.15, -0.1) is 22.7 Å². The molecule has 0 spiro atoms. The molecule has 0 saturated carbocycles. The molecule has 5 aromatic rings. The number of hydrogen-bond acceptors (Lipinski definition) is 8. The monoisotopic (exact) mass is 474 g/mol. The van der Waals surface area contributed by atoms with E-state index in [1.165, 1.54) is 16.9 Å². The van der Waals surface area contributed by atoms with Crippen molar-refractivity contribution >= 4 is 39.6 Å². The topological polar surface area (TPSA) is 103 Å². The Hall–Kier alpha value is -3.76. The van der Waals surface area contributed by atoms with Crippen molar-refractivity contribution in [3.05, 3.63) is 81.8 Å². The van der Waals surface area contributed by atoms with Gasteiger partial charge in [-0.2, -0.15) is 5.10 Å². The average Bonchev–Trinajstić information content (AvgIpc) is 3.50. The summed E-state index contributed by atoms with van der Waals surface area (Å²) < 4.78 is 1.35. The van der Waals surface area contributed by atoms with E-state index < -0.39 is 0 Å². The zero-order chi connectivity index (χ0) is 22.8. The van der Waals surface area contributed by atoms with Gasteiger partial charge in [-0.25, -0.2) is 14.6 Å². The minimum Gasteiger partial charge on any atom is -0.349 e. The van der Waals surface area contributed by atoms with Crippen molar-refractivity contribution < 1.29 is 4.79 Å². The van der Waals surface area contributed by atoms with Crippen LogP contribution in [0, 0.1) is 6.92 Å². The number of aryl methyl sites for hydroxylation is 1. The summed E-state index contributed by atoms with van der Waals surface area (Å²) in [7, 11) is 0. The number of fused-ring (bicyclic) bond motifs is 1. The number of thiazole rings is 1. The molecule has 4 heterocycles. The number of nitrogens with one attached hydrogen (secondary N) is 1. The Labute approximate surface area is 196 Å². The standard InChI is InChI=1S/C23H18N6O2S2/c1-14-21(33-23(26-14)19-7-4-12-32-19)17-8-9-20(30)29(28-17)11-10-24-22(31)18-13-25-15-5-2-3-6-16(15)27-18/h2-9,12-13H,10-11H2,1H3,(H,24,31). The van der Waals surface area contributed by atoms with Crippen molar-refractivity contribution in [2.24, 2.45) is 0 Å². The highest BCUT2D eigenvalue weighted by atomic mass is 32.1. The van der Waals surface area contributed by atoms with E-state index in [1.54, 1.807) is 34.8 Å². The molecule has 4 aromatic heterocycles. The number of nitrogens with zero attached hydrogens (tertiary/aromatic N) is 5. The lowest BCUT2D eigenvalue weighted by Gasteiger charge is -2.08. The van der Waals surface area contributed by atoms with Gasteiger partial charge in [0, 0.05) is 12.6 Å². The van der Waals surface area contributed by atoms with Crippen LogP contribution >= 0.6 is 22.7 Å². The van der Waals surface area contributed by atoms with Crippen LogP contribution in [0.3, 0.4) is 0 Å². The number of aromatic nitrogens is 5. The smallest absolute Gasteiger partial charge is 0.271 e. The van der Waals surface area contributed by atoms with Gasteiger partial charge in [0.15, 0.2) is 0 Å². The van der Waals surface area contributed by atoms with E-state index in [2.05, 4.69) is 25.4 Å². The molecule has 1 N–H and O–H groups in total. The molecule has 0 atom stereocenters. The maximum absolute atomic E-state index is 12.5. The normalized spacial score (nSPS) is 11.1. The summed E-state index contributed by atoms with van der Waals surface area (Å²) in [6.07, 6.45) is 1.44. The molecular formula is C23H18N6O2S2. The quantitative estimate of drug-likeness (QED) is 0.402. The molecule has 0 aliphatic heterocycles. The zero-order valence-electron chi connectivity index (χ0n) is 17.6. The maximum atomic E-state index is 12.5. The van der Waals surface area contributed by atoms with Gasteiger partial charge in [0.1, 0.15) is 16.4 Å². The Balaban J connectivity index is 1.30. The zero-order valence-corrected chi connectivity index (χ0v) is 19.2. The van der Waals surface area contributed by atoms with Gasteiger partial charge in [-0.1, -0.05) is 18.2 Å². The van der Waals surface area contributed by atoms with Crippen molar-refractivity contribution in [2.45, 2.75) is 13.5 Å². The maximum Gasteiger partial charge on any atom is 0.271 e. The van der Waals surface area contributed by atoms with Crippen molar-refractivity contribution in [1.29, 1.82) is 0 Å². The molecule has 0 saturated heterocycles. The molecule has 0 aliphatic rings. The van der Waals surface area contributed by atoms with Crippen LogP contribution in [0.5, 0.6) is 0 Å². The first-order valence-electron chi connectivity index (χ1n) is 10.2. The van der Waals surface area contributed by atoms with Crippen LogP contribution < -0.4 is 10.9 Å². The highest BCUT2D eigenvalue weighted by molar-refractivity contribution is 7.23. The predicted octanol–water partition coefficient (Wildman–Crippen LogP) is 3.78. The van der Waals surface area contributed by atoms with Crippen molar-refractivity contribution in [3.8, 4) is 20.5 Å². The van der Waals surface area contributed by atoms with Crippen LogP contribution in [0.4, 0.5) is 0 Å². The van der Waals surface area contributed by atoms with Gasteiger partial charge in [0.2, 0.25) is 0 Å². The molecule has 0 bridgehead atoms. The molecule has 1 amide bonds. The number of amides is 1. The lowest BCUT2D eigenvalue weighted by atomic mass is 10.3. The molecule has 0 radical (unpaired) electrons. The molecule has 8 nitrogen and oxygen atoms in total. The first kappa shape index (κ1) is 21.1. The Morgan fingerprint density at radius 2 is 1.91 bits per heavy atom. The summed E-state index contributed by atoms with van der Waals surface area (Å²) in [5.41, 5.74) is 2.91. The highest BCUT2D eigenvalue weighted by Gasteiger charge is 2.15. The fraction of sp³-hybridized carbons (Fsp3) is 0.130. The van der Waals surface area contributed by atoms with E-state index in [4.69, 9.17) is 0 Å². The van der Waals surface area contributed by atoms with Crippen molar-refractivity contribution in [1.82, 2.24) is 30.0 Å². The summed E-state index contributed by atoms with van der Waals surface area (Å²) in [6.45, 7) is 2.39. The molecular weight excluding hydrogens is 456 g/mol. The summed E-state index contributed by atoms with van der Waals surface area (Å²) in [5, 5.41) is 10.2. The number of carbonyl (C=O) groups is 1. The lowest BCUT2D eigenvalue weighted by molar-refractivity contribution is 0.0946. The Morgan fingerprint density at radius 1 is 1.06 bits per heavy atom. The molecule has 10 heteroatoms. The van der Waals surface area contributed by atoms with E-state index in [1.807, 2.05) is 42.6 Å². The minimum absolute atomic E-state index is 0.226. The first-order valence-corrected chi connectivity index (χ1v) is 11.9. The Kier molecular flexibility index (Phi) is 5.76. The van der Waals surface area contributed by atoms with Crippen molar-refractivity contribution in [2.75, 3.05) is 6.54 Å². The third kappa shape index (κ3) is 4.43. The van der Waals surface area contributed by atoms with Crippen LogP contribution in [-0.2, 0) is 6.54 Å². The Morgan fingerprint density at radius 3 is 2.73 bits per heavy atom. The summed E-state index contributed by atoms with van der Waals surface area (Å²) in [5.74, 6) is -0.351. The van der Waals surface area contributed by atoms with Gasteiger partial charge in [-0.3, -0.25) is 14.6 Å². The van der Waals surface area contributed by atoms with Crippen LogP contribution in [0.15, 0.2) is 64.9 Å². The number of hydrogen-bond donors (Lipinski definition) is 1. The molecule has 1 aromatic carbocycles. The van der Waals surface area contributed by atoms with Gasteiger partial charge in [0.05, 0.1) is 39.2 Å². The molecule has 5 rings (SSSR count). The SMILES string of the molecule is Cc1nc(-c2cccs2)sc1-c1ccc(=O)n(CCNC(=O)c2cnc3ccccc3n2)n1. The second-order valence-electron chi connectivity index (χ2n) is 7.19. The molecule has 0 fully saturated rings. The molecule has 33 heavy (non-hydrogen) atoms. The average molecular weight is 475 g/mol. The van der Waals surface area contributed by atoms with E-state index in [-0.39, 0.29) is 30.2 Å². The first-order chi connectivity index (χ1) is 16.1. The fourth-order valence-electron chi connectivity index (χ4n) is 3.30. The molecule has 164 valence electrons. The van der Waals surface area contributed by atoms with Crippen LogP contribution in [0.2, 0.25) is 0 Å². The molecule has 0 aliphatic carbocycles. The van der Waals surface area contributed by atoms with Crippen LogP contribution in [0.25, 0.3) is 31.5 Å².